The molecular weight excluding hydrogens is 115 g/mol. The summed E-state index contributed by atoms with van der Waals surface area (Å²) in [6.07, 6.45) is 0. The predicted molar refractivity (Wildman–Crippen MR) is 23.1 cm³/mol. The minimum atomic E-state index is -1.19. The molecular formula is C4H6FO3-. The van der Waals surface area contributed by atoms with E-state index in [1.807, 2.05) is 0 Å². The van der Waals surface area contributed by atoms with Gasteiger partial charge in [0, 0.05) is 0 Å². The van der Waals surface area contributed by atoms with E-state index in [0.29, 0.717) is 0 Å². The summed E-state index contributed by atoms with van der Waals surface area (Å²) in [4.78, 5) is 9.49. The zero-order valence-electron chi connectivity index (χ0n) is 4.35. The topological polar surface area (TPSA) is 60.4 Å². The Hall–Kier alpha value is -0.900. The molecule has 0 unspecified atom stereocenters. The Kier molecular flexibility index (Phi) is 7.74. The number of carbonyl (C=O) groups excluding carboxylic acids is 1. The van der Waals surface area contributed by atoms with Crippen LogP contribution in [0.3, 0.4) is 0 Å². The third-order valence-electron chi connectivity index (χ3n) is 0.348. The number of hydrogen-bond donors (Lipinski definition) is 1. The number of halogens is 1. The molecule has 0 fully saturated rings. The molecule has 0 amide bonds. The molecule has 4 heteroatoms. The van der Waals surface area contributed by atoms with Gasteiger partial charge in [0.15, 0.2) is 0 Å². The smallest absolute Gasteiger partial charge is 0.0666 e. The van der Waals surface area contributed by atoms with Crippen molar-refractivity contribution in [1.29, 1.82) is 0 Å². The van der Waals surface area contributed by atoms with E-state index in [0.717, 1.165) is 0 Å². The second-order valence-electron chi connectivity index (χ2n) is 1.07. The standard InChI is InChI=1S/C4H6O2.FHO/c1-3(2)4(5)6;1-2/h1H2,2H3,(H,5,6);2H/p-1. The summed E-state index contributed by atoms with van der Waals surface area (Å²) >= 11 is 0. The van der Waals surface area contributed by atoms with Crippen LogP contribution in [0.15, 0.2) is 12.2 Å². The van der Waals surface area contributed by atoms with E-state index in [9.17, 15) is 9.90 Å². The highest BCUT2D eigenvalue weighted by Gasteiger charge is 1.76. The Labute approximate surface area is 46.0 Å². The van der Waals surface area contributed by atoms with Crippen LogP contribution in [-0.2, 0) is 4.79 Å². The number of carboxylic acids is 1. The molecule has 8 heavy (non-hydrogen) atoms. The van der Waals surface area contributed by atoms with Gasteiger partial charge in [0.2, 0.25) is 0 Å². The molecule has 0 aromatic heterocycles. The van der Waals surface area contributed by atoms with Crippen LogP contribution in [-0.4, -0.2) is 11.3 Å². The molecule has 48 valence electrons. The lowest BCUT2D eigenvalue weighted by molar-refractivity contribution is -0.299. The molecule has 0 spiro atoms. The fourth-order valence-electron chi connectivity index (χ4n) is 0. The van der Waals surface area contributed by atoms with E-state index < -0.39 is 5.97 Å². The quantitative estimate of drug-likeness (QED) is 0.461. The Morgan fingerprint density at radius 1 is 1.75 bits per heavy atom. The number of rotatable bonds is 1. The average Bonchev–Trinajstić information content (AvgIpc) is 1.72. The van der Waals surface area contributed by atoms with E-state index in [4.69, 9.17) is 9.84 Å². The first-order valence-corrected chi connectivity index (χ1v) is 1.68. The van der Waals surface area contributed by atoms with Gasteiger partial charge in [0.1, 0.15) is 0 Å². The van der Waals surface area contributed by atoms with Gasteiger partial charge in [-0.05, 0) is 12.5 Å². The summed E-state index contributed by atoms with van der Waals surface area (Å²) in [5, 5.41) is 15.0. The normalized spacial score (nSPS) is 6.38. The van der Waals surface area contributed by atoms with E-state index in [1.54, 1.807) is 0 Å². The van der Waals surface area contributed by atoms with Gasteiger partial charge in [-0.3, -0.25) is 0 Å². The van der Waals surface area contributed by atoms with Gasteiger partial charge in [-0.2, -0.15) is 0 Å². The lowest BCUT2D eigenvalue weighted by Gasteiger charge is -1.93. The lowest BCUT2D eigenvalue weighted by atomic mass is 10.4. The first-order valence-electron chi connectivity index (χ1n) is 1.68. The maximum Gasteiger partial charge on any atom is 0.0666 e. The number of hydrogen-bond acceptors (Lipinski definition) is 3. The molecule has 0 radical (unpaired) electrons. The van der Waals surface area contributed by atoms with Gasteiger partial charge < -0.3 is 9.90 Å². The van der Waals surface area contributed by atoms with Gasteiger partial charge in [-0.25, -0.2) is 5.31 Å². The van der Waals surface area contributed by atoms with Gasteiger partial charge in [0.25, 0.3) is 0 Å². The first kappa shape index (κ1) is 10.2. The second kappa shape index (κ2) is 6.10. The summed E-state index contributed by atoms with van der Waals surface area (Å²) in [7, 11) is 0. The van der Waals surface area contributed by atoms with Crippen LogP contribution >= 0.6 is 0 Å². The maximum atomic E-state index is 9.49. The molecule has 3 nitrogen and oxygen atoms in total. The summed E-state index contributed by atoms with van der Waals surface area (Å²) in [5.41, 5.74) is 0.0648. The average molecular weight is 121 g/mol. The van der Waals surface area contributed by atoms with Gasteiger partial charge in [0.05, 0.1) is 5.97 Å². The van der Waals surface area contributed by atoms with E-state index in [2.05, 4.69) is 6.58 Å². The van der Waals surface area contributed by atoms with Crippen molar-refractivity contribution in [1.82, 2.24) is 0 Å². The zero-order valence-corrected chi connectivity index (χ0v) is 4.35. The molecule has 0 heterocycles. The third-order valence-corrected chi connectivity index (χ3v) is 0.348. The molecule has 0 aliphatic rings. The number of aliphatic carboxylic acids is 1. The maximum absolute atomic E-state index is 9.49. The zero-order chi connectivity index (χ0) is 7.15. The van der Waals surface area contributed by atoms with Crippen LogP contribution in [0.4, 0.5) is 4.53 Å². The van der Waals surface area contributed by atoms with Crippen LogP contribution in [0.2, 0.25) is 0 Å². The SMILES string of the molecule is C=C(C)C(=O)[O-].OF. The number of carboxylic acid groups (broad SMARTS) is 1. The summed E-state index contributed by atoms with van der Waals surface area (Å²) < 4.78 is 8.50. The largest absolute Gasteiger partial charge is 0.545 e. The highest BCUT2D eigenvalue weighted by atomic mass is 19.3. The molecule has 0 saturated heterocycles. The molecule has 0 saturated carbocycles. The van der Waals surface area contributed by atoms with Crippen molar-refractivity contribution in [3.05, 3.63) is 12.2 Å². The predicted octanol–water partition coefficient (Wildman–Crippen LogP) is -0.824. The molecule has 0 atom stereocenters. The summed E-state index contributed by atoms with van der Waals surface area (Å²) in [5.74, 6) is -1.19. The van der Waals surface area contributed by atoms with E-state index in [1.165, 1.54) is 6.92 Å². The molecule has 0 aromatic carbocycles. The Morgan fingerprint density at radius 2 is 1.88 bits per heavy atom. The minimum absolute atomic E-state index is 0.0648. The molecule has 0 aliphatic carbocycles. The molecule has 0 rings (SSSR count). The molecule has 0 aromatic rings. The van der Waals surface area contributed by atoms with Crippen molar-refractivity contribution < 1.29 is 19.7 Å². The van der Waals surface area contributed by atoms with Crippen LogP contribution < -0.4 is 5.11 Å². The van der Waals surface area contributed by atoms with Gasteiger partial charge >= 0.3 is 0 Å². The van der Waals surface area contributed by atoms with Crippen molar-refractivity contribution in [2.75, 3.05) is 0 Å². The van der Waals surface area contributed by atoms with E-state index in [-0.39, 0.29) is 5.57 Å². The highest BCUT2D eigenvalue weighted by molar-refractivity contribution is 5.82. The monoisotopic (exact) mass is 121 g/mol. The fraction of sp³-hybridized carbons (Fsp3) is 0.250. The van der Waals surface area contributed by atoms with Crippen molar-refractivity contribution in [2.24, 2.45) is 0 Å². The van der Waals surface area contributed by atoms with Crippen LogP contribution in [0.5, 0.6) is 0 Å². The van der Waals surface area contributed by atoms with Gasteiger partial charge in [-0.15, -0.1) is 0 Å². The Balaban J connectivity index is 0. The highest BCUT2D eigenvalue weighted by Crippen LogP contribution is 1.77. The lowest BCUT2D eigenvalue weighted by Crippen LogP contribution is -2.22. The molecule has 0 aliphatic heterocycles. The van der Waals surface area contributed by atoms with Crippen molar-refractivity contribution in [3.8, 4) is 0 Å². The van der Waals surface area contributed by atoms with Crippen molar-refractivity contribution in [2.45, 2.75) is 6.92 Å². The summed E-state index contributed by atoms with van der Waals surface area (Å²) in [6.45, 7) is 4.48. The minimum Gasteiger partial charge on any atom is -0.545 e. The van der Waals surface area contributed by atoms with Gasteiger partial charge in [-0.1, -0.05) is 11.1 Å². The van der Waals surface area contributed by atoms with Crippen LogP contribution in [0, 0.1) is 0 Å². The first-order chi connectivity index (χ1) is 3.64. The summed E-state index contributed by atoms with van der Waals surface area (Å²) in [6, 6.07) is 0. The molecule has 0 bridgehead atoms. The van der Waals surface area contributed by atoms with Crippen LogP contribution in [0.25, 0.3) is 0 Å². The van der Waals surface area contributed by atoms with Crippen molar-refractivity contribution >= 4 is 5.97 Å². The third kappa shape index (κ3) is 8.92. The Bertz CT molecular complexity index is 77.3. The van der Waals surface area contributed by atoms with Crippen LogP contribution in [0.1, 0.15) is 6.92 Å². The van der Waals surface area contributed by atoms with E-state index >= 15 is 0 Å². The Morgan fingerprint density at radius 3 is 1.88 bits per heavy atom. The number of carbonyl (C=O) groups is 1. The van der Waals surface area contributed by atoms with Crippen molar-refractivity contribution in [3.63, 3.8) is 0 Å². The molecule has 1 N–H and O–H groups in total. The fourth-order valence-corrected chi connectivity index (χ4v) is 0. The second-order valence-corrected chi connectivity index (χ2v) is 1.07.